The van der Waals surface area contributed by atoms with E-state index in [-0.39, 0.29) is 0 Å². The number of hydrogen-bond acceptors (Lipinski definition) is 1. The van der Waals surface area contributed by atoms with Crippen LogP contribution in [0.25, 0.3) is 0 Å². The van der Waals surface area contributed by atoms with Crippen LogP contribution in [0.4, 0.5) is 0 Å². The van der Waals surface area contributed by atoms with Gasteiger partial charge >= 0.3 is 59.6 Å². The van der Waals surface area contributed by atoms with Gasteiger partial charge in [-0.05, 0) is 0 Å². The maximum absolute atomic E-state index is 5.84. The molecule has 0 amide bonds. The van der Waals surface area contributed by atoms with Gasteiger partial charge in [-0.25, -0.2) is 0 Å². The molecule has 52 valence electrons. The number of alkyl halides is 2. The van der Waals surface area contributed by atoms with E-state index in [1.807, 2.05) is 0 Å². The molecule has 0 rings (SSSR count). The Bertz CT molecular complexity index is 68.9. The second-order valence-corrected chi connectivity index (χ2v) is 8.46. The molecule has 0 aromatic heterocycles. The van der Waals surface area contributed by atoms with Crippen molar-refractivity contribution in [1.29, 1.82) is 0 Å². The van der Waals surface area contributed by atoms with Crippen LogP contribution >= 0.6 is 20.1 Å². The zero-order valence-electron chi connectivity index (χ0n) is 6.16. The Morgan fingerprint density at radius 3 is 1.88 bits per heavy atom. The molecule has 0 heterocycles. The van der Waals surface area contributed by atoms with Crippen molar-refractivity contribution in [3.05, 3.63) is 0 Å². The monoisotopic (exact) mass is 229 g/mol. The van der Waals surface area contributed by atoms with E-state index in [0.717, 1.165) is 0 Å². The first kappa shape index (κ1) is 8.69. The van der Waals surface area contributed by atoms with E-state index in [2.05, 4.69) is 25.7 Å². The molecule has 0 bridgehead atoms. The predicted octanol–water partition coefficient (Wildman–Crippen LogP) is 2.18. The van der Waals surface area contributed by atoms with Gasteiger partial charge in [0.15, 0.2) is 0 Å². The van der Waals surface area contributed by atoms with E-state index in [1.165, 1.54) is 6.42 Å². The summed E-state index contributed by atoms with van der Waals surface area (Å²) in [5.41, 5.74) is 0. The van der Waals surface area contributed by atoms with Gasteiger partial charge in [-0.1, -0.05) is 0 Å². The second kappa shape index (κ2) is 3.01. The average molecular weight is 229 g/mol. The van der Waals surface area contributed by atoms with Crippen LogP contribution in [0.15, 0.2) is 0 Å². The van der Waals surface area contributed by atoms with Gasteiger partial charge in [-0.2, -0.15) is 0 Å². The molecule has 0 unspecified atom stereocenters. The van der Waals surface area contributed by atoms with Crippen molar-refractivity contribution in [1.82, 2.24) is 0 Å². The summed E-state index contributed by atoms with van der Waals surface area (Å²) in [6.45, 7) is 6.73. The Morgan fingerprint density at radius 2 is 1.88 bits per heavy atom. The molecule has 0 saturated carbocycles. The summed E-state index contributed by atoms with van der Waals surface area (Å²) in [5.74, 6) is 0. The average Bonchev–Trinajstić information content (AvgIpc) is 1.67. The molecule has 2 heteroatoms. The van der Waals surface area contributed by atoms with E-state index in [0.29, 0.717) is 3.42 Å². The molecule has 0 aliphatic rings. The molecule has 0 aliphatic carbocycles. The van der Waals surface area contributed by atoms with Crippen LogP contribution in [0.5, 0.6) is 0 Å². The van der Waals surface area contributed by atoms with Gasteiger partial charge in [0, 0.05) is 0 Å². The van der Waals surface area contributed by atoms with Gasteiger partial charge in [0.2, 0.25) is 0 Å². The summed E-state index contributed by atoms with van der Waals surface area (Å²) >= 11 is -1.03. The molecule has 0 aliphatic heterocycles. The molecule has 0 aromatic carbocycles. The van der Waals surface area contributed by atoms with Gasteiger partial charge in [0.1, 0.15) is 0 Å². The molecule has 1 nitrogen and oxygen atoms in total. The van der Waals surface area contributed by atoms with E-state index < -0.39 is 20.1 Å². The van der Waals surface area contributed by atoms with Crippen LogP contribution < -0.4 is 3.95 Å². The Kier molecular flexibility index (Phi) is 3.27. The summed E-state index contributed by atoms with van der Waals surface area (Å²) in [7, 11) is 0. The number of hydrogen-bond donors (Lipinski definition) is 1. The molecule has 2 N–H and O–H groups in total. The van der Waals surface area contributed by atoms with Crippen molar-refractivity contribution in [2.75, 3.05) is 4.93 Å². The van der Waals surface area contributed by atoms with Gasteiger partial charge in [0.05, 0.1) is 0 Å². The molecule has 0 spiro atoms. The third kappa shape index (κ3) is 2.31. The van der Waals surface area contributed by atoms with Crippen LogP contribution in [0, 0.1) is 0 Å². The van der Waals surface area contributed by atoms with E-state index >= 15 is 0 Å². The number of nitrogens with two attached hydrogens (primary N) is 1. The first-order valence-corrected chi connectivity index (χ1v) is 7.33. The third-order valence-electron chi connectivity index (χ3n) is 1.65. The SMILES string of the molecule is CCC(C)(C)I(C)N. The maximum atomic E-state index is 5.84. The molecule has 0 fully saturated rings. The van der Waals surface area contributed by atoms with E-state index in [4.69, 9.17) is 3.95 Å². The van der Waals surface area contributed by atoms with Crippen LogP contribution in [-0.4, -0.2) is 8.35 Å². The van der Waals surface area contributed by atoms with Crippen molar-refractivity contribution in [3.8, 4) is 0 Å². The van der Waals surface area contributed by atoms with Gasteiger partial charge in [0.25, 0.3) is 0 Å². The molecule has 0 atom stereocenters. The van der Waals surface area contributed by atoms with Crippen molar-refractivity contribution in [2.24, 2.45) is 3.95 Å². The van der Waals surface area contributed by atoms with Crippen LogP contribution in [0.3, 0.4) is 0 Å². The van der Waals surface area contributed by atoms with Crippen LogP contribution in [0.2, 0.25) is 0 Å². The zero-order chi connectivity index (χ0) is 6.78. The topological polar surface area (TPSA) is 26.0 Å². The van der Waals surface area contributed by atoms with Crippen molar-refractivity contribution >= 4 is 20.1 Å². The fourth-order valence-electron chi connectivity index (χ4n) is 0.211. The Morgan fingerprint density at radius 1 is 1.50 bits per heavy atom. The summed E-state index contributed by atoms with van der Waals surface area (Å²) in [4.78, 5) is 2.22. The third-order valence-corrected chi connectivity index (χ3v) is 7.02. The molecular formula is C6H16IN. The molecule has 0 saturated heterocycles. The second-order valence-electron chi connectivity index (χ2n) is 2.59. The van der Waals surface area contributed by atoms with Crippen molar-refractivity contribution < 1.29 is 0 Å². The van der Waals surface area contributed by atoms with Crippen molar-refractivity contribution in [3.63, 3.8) is 0 Å². The molecule has 0 aromatic rings. The predicted molar refractivity (Wildman–Crippen MR) is 48.5 cm³/mol. The molecular weight excluding hydrogens is 213 g/mol. The summed E-state index contributed by atoms with van der Waals surface area (Å²) in [5, 5.41) is 0. The first-order chi connectivity index (χ1) is 3.50. The van der Waals surface area contributed by atoms with Crippen LogP contribution in [-0.2, 0) is 0 Å². The Hall–Kier alpha value is 0.690. The Balaban J connectivity index is 3.71. The van der Waals surface area contributed by atoms with Crippen molar-refractivity contribution in [2.45, 2.75) is 30.6 Å². The number of rotatable bonds is 2. The van der Waals surface area contributed by atoms with Gasteiger partial charge in [-0.3, -0.25) is 0 Å². The zero-order valence-corrected chi connectivity index (χ0v) is 8.32. The van der Waals surface area contributed by atoms with Gasteiger partial charge in [-0.15, -0.1) is 0 Å². The summed E-state index contributed by atoms with van der Waals surface area (Å²) < 4.78 is 6.31. The first-order valence-electron chi connectivity index (χ1n) is 2.85. The van der Waals surface area contributed by atoms with E-state index in [9.17, 15) is 0 Å². The summed E-state index contributed by atoms with van der Waals surface area (Å²) in [6, 6.07) is 0. The quantitative estimate of drug-likeness (QED) is 0.438. The molecule has 8 heavy (non-hydrogen) atoms. The fourth-order valence-corrected chi connectivity index (χ4v) is 1.41. The van der Waals surface area contributed by atoms with Gasteiger partial charge < -0.3 is 0 Å². The molecule has 0 radical (unpaired) electrons. The minimum atomic E-state index is -1.03. The summed E-state index contributed by atoms with van der Waals surface area (Å²) in [6.07, 6.45) is 1.23. The van der Waals surface area contributed by atoms with Crippen LogP contribution in [0.1, 0.15) is 27.2 Å². The standard InChI is InChI=1S/C6H16IN/c1-5-6(2,3)7(4)8/h5,8H2,1-4H3. The normalized spacial score (nSPS) is 13.9. The van der Waals surface area contributed by atoms with E-state index in [1.54, 1.807) is 0 Å². The fraction of sp³-hybridized carbons (Fsp3) is 1.00. The number of halogens is 1. The minimum absolute atomic E-state index is 0.476. The Labute approximate surface area is 59.8 Å².